The van der Waals surface area contributed by atoms with Crippen LogP contribution in [-0.4, -0.2) is 34.6 Å². The van der Waals surface area contributed by atoms with Crippen LogP contribution in [0.1, 0.15) is 55.5 Å². The van der Waals surface area contributed by atoms with Gasteiger partial charge in [-0.25, -0.2) is 9.37 Å². The van der Waals surface area contributed by atoms with Crippen molar-refractivity contribution in [1.82, 2.24) is 20.4 Å². The van der Waals surface area contributed by atoms with Crippen molar-refractivity contribution in [2.75, 3.05) is 13.2 Å². The number of hydrazine groups is 1. The van der Waals surface area contributed by atoms with Gasteiger partial charge >= 0.3 is 0 Å². The minimum atomic E-state index is -0.875. The molecular weight excluding hydrogens is 419 g/mol. The summed E-state index contributed by atoms with van der Waals surface area (Å²) in [5, 5.41) is 0. The quantitative estimate of drug-likeness (QED) is 0.496. The number of nitrogens with one attached hydrogen (secondary N) is 2. The number of hydrogen-bond donors (Lipinski definition) is 2. The van der Waals surface area contributed by atoms with Crippen molar-refractivity contribution in [3.05, 3.63) is 57.5 Å². The Hall–Kier alpha value is -3.27. The number of halogens is 1. The van der Waals surface area contributed by atoms with Gasteiger partial charge in [0, 0.05) is 0 Å². The summed E-state index contributed by atoms with van der Waals surface area (Å²) < 4.78 is 25.8. The summed E-state index contributed by atoms with van der Waals surface area (Å²) in [7, 11) is 0. The third kappa shape index (κ3) is 5.31. The van der Waals surface area contributed by atoms with Gasteiger partial charge in [0.15, 0.2) is 5.69 Å². The highest BCUT2D eigenvalue weighted by Crippen LogP contribution is 2.27. The van der Waals surface area contributed by atoms with Crippen LogP contribution in [0.15, 0.2) is 29.1 Å². The smallest absolute Gasteiger partial charge is 0.296 e. The molecule has 0 unspecified atom stereocenters. The number of ether oxygens (including phenoxy) is 2. The van der Waals surface area contributed by atoms with Crippen LogP contribution in [0.2, 0.25) is 0 Å². The van der Waals surface area contributed by atoms with E-state index < -0.39 is 28.8 Å². The minimum absolute atomic E-state index is 0.0679. The van der Waals surface area contributed by atoms with Gasteiger partial charge in [-0.3, -0.25) is 29.8 Å². The van der Waals surface area contributed by atoms with Gasteiger partial charge in [-0.15, -0.1) is 0 Å². The summed E-state index contributed by atoms with van der Waals surface area (Å²) in [6, 6.07) is 5.44. The highest BCUT2D eigenvalue weighted by atomic mass is 19.1. The number of carbonyl (C=O) groups excluding carboxylic acids is 2. The number of hydrogen-bond acceptors (Lipinski definition) is 6. The molecule has 0 spiro atoms. The maximum atomic E-state index is 13.1. The first-order chi connectivity index (χ1) is 15.2. The zero-order chi connectivity index (χ0) is 23.3. The van der Waals surface area contributed by atoms with E-state index in [9.17, 15) is 18.8 Å². The molecule has 1 aromatic heterocycles. The predicted molar refractivity (Wildman–Crippen MR) is 114 cm³/mol. The van der Waals surface area contributed by atoms with E-state index in [1.165, 1.54) is 28.8 Å². The molecule has 2 heterocycles. The molecule has 0 radical (unpaired) electrons. The van der Waals surface area contributed by atoms with Crippen molar-refractivity contribution in [1.29, 1.82) is 0 Å². The first-order valence-corrected chi connectivity index (χ1v) is 10.5. The fourth-order valence-corrected chi connectivity index (χ4v) is 3.28. The molecule has 1 aliphatic rings. The van der Waals surface area contributed by atoms with Crippen LogP contribution in [0.5, 0.6) is 5.75 Å². The molecule has 0 bridgehead atoms. The van der Waals surface area contributed by atoms with Crippen LogP contribution in [0.25, 0.3) is 0 Å². The van der Waals surface area contributed by atoms with Gasteiger partial charge in [0.1, 0.15) is 17.2 Å². The molecule has 10 heteroatoms. The number of rotatable bonds is 7. The third-order valence-corrected chi connectivity index (χ3v) is 5.00. The number of aromatic nitrogens is 2. The number of amides is 2. The largest absolute Gasteiger partial charge is 0.486 e. The monoisotopic (exact) mass is 446 g/mol. The lowest BCUT2D eigenvalue weighted by molar-refractivity contribution is -0.121. The lowest BCUT2D eigenvalue weighted by Crippen LogP contribution is -2.46. The van der Waals surface area contributed by atoms with E-state index in [4.69, 9.17) is 9.47 Å². The Labute approximate surface area is 184 Å². The van der Waals surface area contributed by atoms with E-state index in [0.29, 0.717) is 31.0 Å². The summed E-state index contributed by atoms with van der Waals surface area (Å²) in [5.41, 5.74) is 3.58. The lowest BCUT2D eigenvalue weighted by atomic mass is 10.1. The predicted octanol–water partition coefficient (Wildman–Crippen LogP) is 1.83. The highest BCUT2D eigenvalue weighted by molar-refractivity contribution is 5.96. The maximum Gasteiger partial charge on any atom is 0.296 e. The van der Waals surface area contributed by atoms with Crippen LogP contribution >= 0.6 is 0 Å². The normalized spacial score (nSPS) is 14.4. The zero-order valence-electron chi connectivity index (χ0n) is 18.4. The number of fused-ring (bicyclic) bond motifs is 1. The molecule has 2 aromatic rings. The molecule has 0 atom stereocenters. The zero-order valence-corrected chi connectivity index (χ0v) is 18.4. The van der Waals surface area contributed by atoms with E-state index >= 15 is 0 Å². The lowest BCUT2D eigenvalue weighted by Gasteiger charge is -2.32. The van der Waals surface area contributed by atoms with Gasteiger partial charge < -0.3 is 9.47 Å². The average Bonchev–Trinajstić information content (AvgIpc) is 2.75. The molecule has 1 aliphatic heterocycles. The van der Waals surface area contributed by atoms with Crippen LogP contribution in [-0.2, 0) is 28.1 Å². The van der Waals surface area contributed by atoms with Crippen molar-refractivity contribution >= 4 is 11.8 Å². The van der Waals surface area contributed by atoms with Crippen molar-refractivity contribution < 1.29 is 23.5 Å². The maximum absolute atomic E-state index is 13.1. The van der Waals surface area contributed by atoms with E-state index in [2.05, 4.69) is 15.8 Å². The van der Waals surface area contributed by atoms with Crippen molar-refractivity contribution in [2.24, 2.45) is 0 Å². The number of unbranched alkanes of at least 4 members (excludes halogenated alkanes) is 1. The first-order valence-electron chi connectivity index (χ1n) is 10.5. The van der Waals surface area contributed by atoms with E-state index in [1.807, 2.05) is 6.92 Å². The summed E-state index contributed by atoms with van der Waals surface area (Å²) >= 11 is 0. The van der Waals surface area contributed by atoms with E-state index in [1.54, 1.807) is 13.8 Å². The average molecular weight is 446 g/mol. The molecule has 0 fully saturated rings. The second-order valence-electron chi connectivity index (χ2n) is 7.94. The Morgan fingerprint density at radius 2 is 1.97 bits per heavy atom. The van der Waals surface area contributed by atoms with Gasteiger partial charge in [-0.2, -0.15) is 0 Å². The van der Waals surface area contributed by atoms with Gasteiger partial charge in [0.25, 0.3) is 11.5 Å². The molecule has 0 saturated carbocycles. The Morgan fingerprint density at radius 1 is 1.25 bits per heavy atom. The third-order valence-electron chi connectivity index (χ3n) is 5.00. The van der Waals surface area contributed by atoms with E-state index in [-0.39, 0.29) is 24.5 Å². The van der Waals surface area contributed by atoms with Crippen LogP contribution in [0.4, 0.5) is 4.39 Å². The fourth-order valence-electron chi connectivity index (χ4n) is 3.28. The van der Waals surface area contributed by atoms with Crippen LogP contribution < -0.4 is 21.1 Å². The van der Waals surface area contributed by atoms with Gasteiger partial charge in [-0.05, 0) is 38.0 Å². The molecule has 0 aliphatic carbocycles. The van der Waals surface area contributed by atoms with E-state index in [0.717, 1.165) is 6.42 Å². The fraction of sp³-hybridized carbons (Fsp3) is 0.455. The van der Waals surface area contributed by atoms with Crippen LogP contribution in [0, 0.1) is 5.82 Å². The Morgan fingerprint density at radius 3 is 2.66 bits per heavy atom. The number of benzene rings is 1. The summed E-state index contributed by atoms with van der Waals surface area (Å²) in [6.07, 6.45) is 1.48. The molecule has 2 amide bonds. The topological polar surface area (TPSA) is 112 Å². The van der Waals surface area contributed by atoms with Crippen LogP contribution in [0.3, 0.4) is 0 Å². The van der Waals surface area contributed by atoms with Gasteiger partial charge in [0.2, 0.25) is 11.7 Å². The second kappa shape index (κ2) is 9.90. The molecule has 9 nitrogen and oxygen atoms in total. The first kappa shape index (κ1) is 23.4. The minimum Gasteiger partial charge on any atom is -0.486 e. The molecular formula is C22H27FN4O5. The van der Waals surface area contributed by atoms with Crippen molar-refractivity contribution in [2.45, 2.75) is 52.2 Å². The number of nitrogens with zero attached hydrogens (tertiary/aromatic N) is 2. The SMILES string of the molecule is CCCCOc1c(C(=O)NNC(=O)Cc2ccc(F)cc2)nc2n(c1=O)CCOC2(C)C. The Bertz CT molecular complexity index is 1050. The van der Waals surface area contributed by atoms with Crippen molar-refractivity contribution in [3.63, 3.8) is 0 Å². The highest BCUT2D eigenvalue weighted by Gasteiger charge is 2.35. The molecule has 3 rings (SSSR count). The summed E-state index contributed by atoms with van der Waals surface area (Å²) in [6.45, 7) is 6.38. The van der Waals surface area contributed by atoms with Gasteiger partial charge in [0.05, 0.1) is 26.2 Å². The number of carbonyl (C=O) groups is 2. The molecule has 2 N–H and O–H groups in total. The standard InChI is InChI=1S/C22H27FN4O5/c1-4-5-11-31-18-17(24-21-22(2,3)32-12-10-27(21)20(18)30)19(29)26-25-16(28)13-14-6-8-15(23)9-7-14/h6-9H,4-5,10-13H2,1-3H3,(H,25,28)(H,26,29). The molecule has 32 heavy (non-hydrogen) atoms. The molecule has 1 aromatic carbocycles. The van der Waals surface area contributed by atoms with Crippen molar-refractivity contribution in [3.8, 4) is 5.75 Å². The second-order valence-corrected chi connectivity index (χ2v) is 7.94. The molecule has 0 saturated heterocycles. The summed E-state index contributed by atoms with van der Waals surface area (Å²) in [5.74, 6) is -1.57. The summed E-state index contributed by atoms with van der Waals surface area (Å²) in [4.78, 5) is 42.5. The molecule has 172 valence electrons. The Kier molecular flexibility index (Phi) is 7.24. The van der Waals surface area contributed by atoms with Gasteiger partial charge in [-0.1, -0.05) is 25.5 Å². The Balaban J connectivity index is 1.81.